The summed E-state index contributed by atoms with van der Waals surface area (Å²) in [6.07, 6.45) is 1.70. The summed E-state index contributed by atoms with van der Waals surface area (Å²) in [5.74, 6) is 0.297. The molecule has 0 bridgehead atoms. The van der Waals surface area contributed by atoms with Crippen LogP contribution < -0.4 is 5.32 Å². The van der Waals surface area contributed by atoms with Crippen LogP contribution in [0.15, 0.2) is 36.5 Å². The van der Waals surface area contributed by atoms with Crippen LogP contribution in [0, 0.1) is 0 Å². The third kappa shape index (κ3) is 2.90. The molecule has 94 valence electrons. The van der Waals surface area contributed by atoms with E-state index in [1.54, 1.807) is 23.0 Å². The minimum absolute atomic E-state index is 0.108. The number of alkyl halides is 1. The Balaban J connectivity index is 2.01. The SMILES string of the molecule is Cn1nccc1CNC(=O)c1cccc(CCl)c1. The average molecular weight is 264 g/mol. The van der Waals surface area contributed by atoms with Crippen LogP contribution in [0.5, 0.6) is 0 Å². The van der Waals surface area contributed by atoms with Gasteiger partial charge in [-0.2, -0.15) is 5.10 Å². The van der Waals surface area contributed by atoms with E-state index in [0.717, 1.165) is 11.3 Å². The summed E-state index contributed by atoms with van der Waals surface area (Å²) in [6.45, 7) is 0.459. The summed E-state index contributed by atoms with van der Waals surface area (Å²) in [4.78, 5) is 11.9. The molecule has 0 unspecified atom stereocenters. The summed E-state index contributed by atoms with van der Waals surface area (Å²) in [6, 6.07) is 9.16. The van der Waals surface area contributed by atoms with Crippen molar-refractivity contribution in [3.05, 3.63) is 53.3 Å². The highest BCUT2D eigenvalue weighted by Gasteiger charge is 2.06. The Labute approximate surface area is 111 Å². The van der Waals surface area contributed by atoms with E-state index in [1.165, 1.54) is 0 Å². The molecule has 2 rings (SSSR count). The highest BCUT2D eigenvalue weighted by molar-refractivity contribution is 6.17. The lowest BCUT2D eigenvalue weighted by molar-refractivity contribution is 0.0950. The summed E-state index contributed by atoms with van der Waals surface area (Å²) >= 11 is 5.74. The van der Waals surface area contributed by atoms with E-state index in [2.05, 4.69) is 10.4 Å². The number of nitrogens with one attached hydrogen (secondary N) is 1. The number of aromatic nitrogens is 2. The minimum atomic E-state index is -0.108. The number of hydrogen-bond acceptors (Lipinski definition) is 2. The molecular weight excluding hydrogens is 250 g/mol. The zero-order chi connectivity index (χ0) is 13.0. The molecule has 1 aromatic heterocycles. The Morgan fingerprint density at radius 1 is 1.44 bits per heavy atom. The van der Waals surface area contributed by atoms with Gasteiger partial charge in [0.25, 0.3) is 5.91 Å². The first-order valence-electron chi connectivity index (χ1n) is 5.60. The lowest BCUT2D eigenvalue weighted by Gasteiger charge is -2.06. The van der Waals surface area contributed by atoms with E-state index in [-0.39, 0.29) is 5.91 Å². The zero-order valence-electron chi connectivity index (χ0n) is 10.1. The molecule has 0 saturated heterocycles. The molecular formula is C13H14ClN3O. The van der Waals surface area contributed by atoms with Crippen molar-refractivity contribution in [1.82, 2.24) is 15.1 Å². The fraction of sp³-hybridized carbons (Fsp3) is 0.231. The van der Waals surface area contributed by atoms with Gasteiger partial charge >= 0.3 is 0 Å². The molecule has 1 heterocycles. The van der Waals surface area contributed by atoms with Crippen molar-refractivity contribution in [2.45, 2.75) is 12.4 Å². The second-order valence-corrected chi connectivity index (χ2v) is 4.23. The van der Waals surface area contributed by atoms with Crippen molar-refractivity contribution in [2.24, 2.45) is 7.05 Å². The van der Waals surface area contributed by atoms with Crippen molar-refractivity contribution in [1.29, 1.82) is 0 Å². The van der Waals surface area contributed by atoms with Gasteiger partial charge in [-0.3, -0.25) is 9.48 Å². The third-order valence-electron chi connectivity index (χ3n) is 2.70. The molecule has 0 atom stereocenters. The van der Waals surface area contributed by atoms with Gasteiger partial charge in [0.1, 0.15) is 0 Å². The molecule has 0 spiro atoms. The van der Waals surface area contributed by atoms with E-state index in [4.69, 9.17) is 11.6 Å². The van der Waals surface area contributed by atoms with Gasteiger partial charge in [0, 0.05) is 24.7 Å². The van der Waals surface area contributed by atoms with Crippen LogP contribution in [0.4, 0.5) is 0 Å². The second kappa shape index (κ2) is 5.69. The third-order valence-corrected chi connectivity index (χ3v) is 3.00. The van der Waals surface area contributed by atoms with Crippen molar-refractivity contribution in [2.75, 3.05) is 0 Å². The number of carbonyl (C=O) groups is 1. The molecule has 0 aliphatic rings. The Morgan fingerprint density at radius 3 is 2.94 bits per heavy atom. The summed E-state index contributed by atoms with van der Waals surface area (Å²) in [5, 5.41) is 6.89. The summed E-state index contributed by atoms with van der Waals surface area (Å²) in [7, 11) is 1.84. The highest BCUT2D eigenvalue weighted by atomic mass is 35.5. The molecule has 5 heteroatoms. The first-order chi connectivity index (χ1) is 8.70. The van der Waals surface area contributed by atoms with Gasteiger partial charge in [-0.15, -0.1) is 11.6 Å². The van der Waals surface area contributed by atoms with E-state index < -0.39 is 0 Å². The number of rotatable bonds is 4. The normalized spacial score (nSPS) is 10.3. The Hall–Kier alpha value is -1.81. The van der Waals surface area contributed by atoms with E-state index in [1.807, 2.05) is 25.2 Å². The van der Waals surface area contributed by atoms with Crippen molar-refractivity contribution in [3.63, 3.8) is 0 Å². The lowest BCUT2D eigenvalue weighted by Crippen LogP contribution is -2.24. The molecule has 4 nitrogen and oxygen atoms in total. The maximum absolute atomic E-state index is 11.9. The fourth-order valence-electron chi connectivity index (χ4n) is 1.64. The number of aryl methyl sites for hydroxylation is 1. The Bertz CT molecular complexity index is 551. The molecule has 18 heavy (non-hydrogen) atoms. The molecule has 0 aliphatic heterocycles. The van der Waals surface area contributed by atoms with Gasteiger partial charge < -0.3 is 5.32 Å². The monoisotopic (exact) mass is 263 g/mol. The molecule has 0 fully saturated rings. The zero-order valence-corrected chi connectivity index (χ0v) is 10.8. The van der Waals surface area contributed by atoms with Gasteiger partial charge in [0.05, 0.1) is 12.2 Å². The molecule has 0 aliphatic carbocycles. The van der Waals surface area contributed by atoms with Crippen LogP contribution >= 0.6 is 11.6 Å². The maximum atomic E-state index is 11.9. The topological polar surface area (TPSA) is 46.9 Å². The van der Waals surface area contributed by atoms with Crippen LogP contribution in [-0.2, 0) is 19.5 Å². The number of benzene rings is 1. The summed E-state index contributed by atoms with van der Waals surface area (Å²) in [5.41, 5.74) is 2.51. The van der Waals surface area contributed by atoms with Crippen LogP contribution in [0.2, 0.25) is 0 Å². The van der Waals surface area contributed by atoms with E-state index in [9.17, 15) is 4.79 Å². The van der Waals surface area contributed by atoms with Crippen LogP contribution in [-0.4, -0.2) is 15.7 Å². The lowest BCUT2D eigenvalue weighted by atomic mass is 10.1. The second-order valence-electron chi connectivity index (χ2n) is 3.96. The predicted octanol–water partition coefficient (Wildman–Crippen LogP) is 2.09. The predicted molar refractivity (Wildman–Crippen MR) is 70.4 cm³/mol. The number of amides is 1. The Morgan fingerprint density at radius 2 is 2.28 bits per heavy atom. The largest absolute Gasteiger partial charge is 0.346 e. The molecule has 1 amide bonds. The first-order valence-corrected chi connectivity index (χ1v) is 6.14. The van der Waals surface area contributed by atoms with E-state index >= 15 is 0 Å². The highest BCUT2D eigenvalue weighted by Crippen LogP contribution is 2.08. The summed E-state index contributed by atoms with van der Waals surface area (Å²) < 4.78 is 1.73. The van der Waals surface area contributed by atoms with Gasteiger partial charge in [-0.05, 0) is 23.8 Å². The molecule has 1 N–H and O–H groups in total. The molecule has 0 saturated carbocycles. The van der Waals surface area contributed by atoms with Gasteiger partial charge in [0.15, 0.2) is 0 Å². The number of hydrogen-bond donors (Lipinski definition) is 1. The van der Waals surface area contributed by atoms with E-state index in [0.29, 0.717) is 18.0 Å². The van der Waals surface area contributed by atoms with Crippen LogP contribution in [0.3, 0.4) is 0 Å². The van der Waals surface area contributed by atoms with Crippen molar-refractivity contribution in [3.8, 4) is 0 Å². The van der Waals surface area contributed by atoms with Crippen molar-refractivity contribution < 1.29 is 4.79 Å². The Kier molecular flexibility index (Phi) is 3.99. The van der Waals surface area contributed by atoms with Crippen LogP contribution in [0.25, 0.3) is 0 Å². The van der Waals surface area contributed by atoms with Crippen molar-refractivity contribution >= 4 is 17.5 Å². The minimum Gasteiger partial charge on any atom is -0.346 e. The fourth-order valence-corrected chi connectivity index (χ4v) is 1.81. The quantitative estimate of drug-likeness (QED) is 0.859. The van der Waals surface area contributed by atoms with Gasteiger partial charge in [-0.25, -0.2) is 0 Å². The molecule has 1 aromatic carbocycles. The number of nitrogens with zero attached hydrogens (tertiary/aromatic N) is 2. The maximum Gasteiger partial charge on any atom is 0.251 e. The first kappa shape index (κ1) is 12.6. The number of carbonyl (C=O) groups excluding carboxylic acids is 1. The molecule has 2 aromatic rings. The van der Waals surface area contributed by atoms with Gasteiger partial charge in [-0.1, -0.05) is 12.1 Å². The molecule has 0 radical (unpaired) electrons. The standard InChI is InChI=1S/C13H14ClN3O/c1-17-12(5-6-16-17)9-15-13(18)11-4-2-3-10(7-11)8-14/h2-7H,8-9H2,1H3,(H,15,18). The average Bonchev–Trinajstić information content (AvgIpc) is 2.81. The number of halogens is 1. The smallest absolute Gasteiger partial charge is 0.251 e. The van der Waals surface area contributed by atoms with Gasteiger partial charge in [0.2, 0.25) is 0 Å². The van der Waals surface area contributed by atoms with Crippen LogP contribution in [0.1, 0.15) is 21.6 Å².